The molecule has 0 radical (unpaired) electrons. The number of rotatable bonds is 6. The van der Waals surface area contributed by atoms with Crippen molar-refractivity contribution in [2.75, 3.05) is 6.54 Å². The lowest BCUT2D eigenvalue weighted by atomic mass is 9.87. The molecule has 1 rings (SSSR count). The Morgan fingerprint density at radius 2 is 1.78 bits per heavy atom. The van der Waals surface area contributed by atoms with E-state index in [2.05, 4.69) is 57.3 Å². The van der Waals surface area contributed by atoms with Crippen molar-refractivity contribution >= 4 is 11.6 Å². The number of nitrogens with one attached hydrogen (secondary N) is 1. The van der Waals surface area contributed by atoms with E-state index < -0.39 is 0 Å². The molecule has 102 valence electrons. The fourth-order valence-corrected chi connectivity index (χ4v) is 1.93. The topological polar surface area (TPSA) is 12.0 Å². The van der Waals surface area contributed by atoms with Crippen LogP contribution in [0.4, 0.5) is 0 Å². The minimum absolute atomic E-state index is 0.235. The lowest BCUT2D eigenvalue weighted by Gasteiger charge is -2.19. The summed E-state index contributed by atoms with van der Waals surface area (Å²) in [5, 5.41) is 3.75. The molecule has 1 aromatic rings. The summed E-state index contributed by atoms with van der Waals surface area (Å²) in [6.07, 6.45) is 2.08. The Morgan fingerprint density at radius 1 is 1.17 bits per heavy atom. The van der Waals surface area contributed by atoms with Gasteiger partial charge in [-0.3, -0.25) is 0 Å². The summed E-state index contributed by atoms with van der Waals surface area (Å²) in [6.45, 7) is 10.8. The maximum atomic E-state index is 6.08. The van der Waals surface area contributed by atoms with Gasteiger partial charge in [0.25, 0.3) is 0 Å². The highest BCUT2D eigenvalue weighted by molar-refractivity contribution is 6.20. The second kappa shape index (κ2) is 7.16. The van der Waals surface area contributed by atoms with Gasteiger partial charge in [0.15, 0.2) is 0 Å². The van der Waals surface area contributed by atoms with Gasteiger partial charge in [-0.1, -0.05) is 52.0 Å². The smallest absolute Gasteiger partial charge is 0.0345 e. The molecule has 1 aromatic carbocycles. The van der Waals surface area contributed by atoms with E-state index in [4.69, 9.17) is 11.6 Å². The normalized spacial score (nSPS) is 13.6. The second-order valence-corrected chi connectivity index (χ2v) is 6.54. The summed E-state index contributed by atoms with van der Waals surface area (Å²) in [4.78, 5) is 0. The number of benzene rings is 1. The standard InChI is InChI=1S/C16H26ClN/c1-5-15(17)10-11-18-12-13-6-8-14(9-7-13)16(2,3)4/h6-9,15,18H,5,10-12H2,1-4H3. The molecule has 2 heteroatoms. The minimum Gasteiger partial charge on any atom is -0.313 e. The fourth-order valence-electron chi connectivity index (χ4n) is 1.82. The highest BCUT2D eigenvalue weighted by Crippen LogP contribution is 2.22. The van der Waals surface area contributed by atoms with Gasteiger partial charge < -0.3 is 5.32 Å². The molecule has 0 aliphatic carbocycles. The van der Waals surface area contributed by atoms with Gasteiger partial charge in [0.2, 0.25) is 0 Å². The zero-order valence-electron chi connectivity index (χ0n) is 12.1. The van der Waals surface area contributed by atoms with Crippen LogP contribution in [0.15, 0.2) is 24.3 Å². The van der Waals surface area contributed by atoms with E-state index in [1.54, 1.807) is 0 Å². The molecule has 0 bridgehead atoms. The van der Waals surface area contributed by atoms with Crippen molar-refractivity contribution in [1.82, 2.24) is 5.32 Å². The van der Waals surface area contributed by atoms with Crippen molar-refractivity contribution in [2.24, 2.45) is 0 Å². The molecule has 1 N–H and O–H groups in total. The highest BCUT2D eigenvalue weighted by Gasteiger charge is 2.12. The molecule has 0 aliphatic heterocycles. The quantitative estimate of drug-likeness (QED) is 0.592. The molecular weight excluding hydrogens is 242 g/mol. The molecule has 1 nitrogen and oxygen atoms in total. The van der Waals surface area contributed by atoms with Crippen LogP contribution >= 0.6 is 11.6 Å². The van der Waals surface area contributed by atoms with Gasteiger partial charge in [0.1, 0.15) is 0 Å². The summed E-state index contributed by atoms with van der Waals surface area (Å²) >= 11 is 6.08. The first-order valence-electron chi connectivity index (χ1n) is 6.87. The van der Waals surface area contributed by atoms with Crippen LogP contribution in [-0.4, -0.2) is 11.9 Å². The molecule has 0 aromatic heterocycles. The SMILES string of the molecule is CCC(Cl)CCNCc1ccc(C(C)(C)C)cc1. The van der Waals surface area contributed by atoms with Crippen LogP contribution in [0, 0.1) is 0 Å². The summed E-state index contributed by atoms with van der Waals surface area (Å²) in [7, 11) is 0. The number of halogens is 1. The molecular formula is C16H26ClN. The molecule has 1 atom stereocenters. The Labute approximate surface area is 117 Å². The Balaban J connectivity index is 2.36. The highest BCUT2D eigenvalue weighted by atomic mass is 35.5. The van der Waals surface area contributed by atoms with Gasteiger partial charge in [-0.25, -0.2) is 0 Å². The van der Waals surface area contributed by atoms with E-state index in [1.807, 2.05) is 0 Å². The lowest BCUT2D eigenvalue weighted by molar-refractivity contribution is 0.588. The summed E-state index contributed by atoms with van der Waals surface area (Å²) in [5.41, 5.74) is 2.96. The Bertz CT molecular complexity index is 337. The fraction of sp³-hybridized carbons (Fsp3) is 0.625. The average Bonchev–Trinajstić information content (AvgIpc) is 2.33. The first-order chi connectivity index (χ1) is 8.43. The van der Waals surface area contributed by atoms with Gasteiger partial charge in [0, 0.05) is 11.9 Å². The van der Waals surface area contributed by atoms with Crippen molar-refractivity contribution in [1.29, 1.82) is 0 Å². The van der Waals surface area contributed by atoms with Crippen molar-refractivity contribution in [3.8, 4) is 0 Å². The first-order valence-corrected chi connectivity index (χ1v) is 7.31. The van der Waals surface area contributed by atoms with Gasteiger partial charge in [-0.05, 0) is 35.9 Å². The third-order valence-electron chi connectivity index (χ3n) is 3.23. The van der Waals surface area contributed by atoms with Crippen LogP contribution < -0.4 is 5.32 Å². The second-order valence-electron chi connectivity index (χ2n) is 5.92. The van der Waals surface area contributed by atoms with Crippen molar-refractivity contribution in [3.63, 3.8) is 0 Å². The zero-order valence-corrected chi connectivity index (χ0v) is 12.8. The van der Waals surface area contributed by atoms with E-state index >= 15 is 0 Å². The predicted octanol–water partition coefficient (Wildman–Crippen LogP) is 4.48. The monoisotopic (exact) mass is 267 g/mol. The summed E-state index contributed by atoms with van der Waals surface area (Å²) in [6, 6.07) is 8.89. The summed E-state index contributed by atoms with van der Waals surface area (Å²) in [5.74, 6) is 0. The van der Waals surface area contributed by atoms with Crippen LogP contribution in [0.3, 0.4) is 0 Å². The van der Waals surface area contributed by atoms with Crippen LogP contribution in [0.2, 0.25) is 0 Å². The summed E-state index contributed by atoms with van der Waals surface area (Å²) < 4.78 is 0. The Hall–Kier alpha value is -0.530. The molecule has 18 heavy (non-hydrogen) atoms. The molecule has 0 spiro atoms. The van der Waals surface area contributed by atoms with Gasteiger partial charge in [-0.15, -0.1) is 11.6 Å². The first kappa shape index (κ1) is 15.5. The molecule has 0 amide bonds. The van der Waals surface area contributed by atoms with Crippen LogP contribution in [-0.2, 0) is 12.0 Å². The molecule has 0 aliphatic rings. The van der Waals surface area contributed by atoms with Crippen LogP contribution in [0.5, 0.6) is 0 Å². The van der Waals surface area contributed by atoms with E-state index in [0.29, 0.717) is 5.38 Å². The van der Waals surface area contributed by atoms with Gasteiger partial charge in [0.05, 0.1) is 0 Å². The zero-order chi connectivity index (χ0) is 13.6. The molecule has 0 saturated carbocycles. The van der Waals surface area contributed by atoms with Crippen LogP contribution in [0.25, 0.3) is 0 Å². The van der Waals surface area contributed by atoms with Crippen molar-refractivity contribution < 1.29 is 0 Å². The Morgan fingerprint density at radius 3 is 2.28 bits per heavy atom. The third kappa shape index (κ3) is 5.41. The minimum atomic E-state index is 0.235. The van der Waals surface area contributed by atoms with E-state index in [9.17, 15) is 0 Å². The maximum Gasteiger partial charge on any atom is 0.0345 e. The van der Waals surface area contributed by atoms with Gasteiger partial charge >= 0.3 is 0 Å². The third-order valence-corrected chi connectivity index (χ3v) is 3.75. The molecule has 0 heterocycles. The van der Waals surface area contributed by atoms with E-state index in [-0.39, 0.29) is 5.41 Å². The van der Waals surface area contributed by atoms with E-state index in [1.165, 1.54) is 11.1 Å². The largest absolute Gasteiger partial charge is 0.313 e. The molecule has 1 unspecified atom stereocenters. The number of alkyl halides is 1. The Kier molecular flexibility index (Phi) is 6.17. The molecule has 0 fully saturated rings. The van der Waals surface area contributed by atoms with Gasteiger partial charge in [-0.2, -0.15) is 0 Å². The number of hydrogen-bond acceptors (Lipinski definition) is 1. The van der Waals surface area contributed by atoms with Crippen molar-refractivity contribution in [3.05, 3.63) is 35.4 Å². The average molecular weight is 268 g/mol. The number of hydrogen-bond donors (Lipinski definition) is 1. The lowest BCUT2D eigenvalue weighted by Crippen LogP contribution is -2.18. The molecule has 0 saturated heterocycles. The van der Waals surface area contributed by atoms with E-state index in [0.717, 1.165) is 25.9 Å². The maximum absolute atomic E-state index is 6.08. The predicted molar refractivity (Wildman–Crippen MR) is 81.4 cm³/mol. The van der Waals surface area contributed by atoms with Crippen LogP contribution in [0.1, 0.15) is 51.7 Å². The van der Waals surface area contributed by atoms with Crippen molar-refractivity contribution in [2.45, 2.75) is 57.9 Å².